The molecule has 0 spiro atoms. The largest absolute Gasteiger partial charge is 0.396 e. The fourth-order valence-electron chi connectivity index (χ4n) is 4.30. The fourth-order valence-corrected chi connectivity index (χ4v) is 4.30. The highest BCUT2D eigenvalue weighted by molar-refractivity contribution is 5.50. The van der Waals surface area contributed by atoms with Gasteiger partial charge in [0.1, 0.15) is 11.9 Å². The summed E-state index contributed by atoms with van der Waals surface area (Å²) in [6.07, 6.45) is 0. The van der Waals surface area contributed by atoms with Crippen molar-refractivity contribution in [1.82, 2.24) is 14.8 Å². The molecule has 2 fully saturated rings. The van der Waals surface area contributed by atoms with Crippen LogP contribution in [-0.2, 0) is 0 Å². The molecular weight excluding hydrogens is 326 g/mol. The SMILES string of the molecule is CCN1CCN(C[C@@H]2CN(c3cc(C)c(C#N)c(C)n3)C[C@@H]2CO)CC1. The lowest BCUT2D eigenvalue weighted by Crippen LogP contribution is -2.48. The van der Waals surface area contributed by atoms with E-state index in [-0.39, 0.29) is 12.5 Å². The first-order valence-electron chi connectivity index (χ1n) is 9.74. The van der Waals surface area contributed by atoms with Gasteiger partial charge in [-0.05, 0) is 37.9 Å². The van der Waals surface area contributed by atoms with E-state index in [1.54, 1.807) is 0 Å². The van der Waals surface area contributed by atoms with Gasteiger partial charge in [0.25, 0.3) is 0 Å². The molecule has 0 radical (unpaired) electrons. The predicted molar refractivity (Wildman–Crippen MR) is 103 cm³/mol. The Balaban J connectivity index is 1.67. The van der Waals surface area contributed by atoms with Crippen LogP contribution in [-0.4, -0.2) is 78.9 Å². The second-order valence-corrected chi connectivity index (χ2v) is 7.71. The summed E-state index contributed by atoms with van der Waals surface area (Å²) < 4.78 is 0. The fraction of sp³-hybridized carbons (Fsp3) is 0.700. The number of piperazine rings is 1. The smallest absolute Gasteiger partial charge is 0.129 e. The van der Waals surface area contributed by atoms with E-state index >= 15 is 0 Å². The van der Waals surface area contributed by atoms with Gasteiger partial charge in [0, 0.05) is 58.3 Å². The maximum Gasteiger partial charge on any atom is 0.129 e. The molecular formula is C20H31N5O. The van der Waals surface area contributed by atoms with Crippen molar-refractivity contribution >= 4 is 5.82 Å². The molecule has 2 atom stereocenters. The lowest BCUT2D eigenvalue weighted by Gasteiger charge is -2.36. The third kappa shape index (κ3) is 4.01. The second-order valence-electron chi connectivity index (χ2n) is 7.71. The van der Waals surface area contributed by atoms with Crippen molar-refractivity contribution in [2.75, 3.05) is 63.9 Å². The number of aliphatic hydroxyl groups is 1. The Labute approximate surface area is 157 Å². The van der Waals surface area contributed by atoms with E-state index in [4.69, 9.17) is 0 Å². The van der Waals surface area contributed by atoms with Crippen LogP contribution in [0.3, 0.4) is 0 Å². The normalized spacial score (nSPS) is 24.8. The average Bonchev–Trinajstić information content (AvgIpc) is 3.05. The van der Waals surface area contributed by atoms with Crippen molar-refractivity contribution in [3.05, 3.63) is 22.9 Å². The number of hydrogen-bond acceptors (Lipinski definition) is 6. The van der Waals surface area contributed by atoms with Crippen LogP contribution in [0, 0.1) is 37.0 Å². The van der Waals surface area contributed by atoms with E-state index in [2.05, 4.69) is 32.7 Å². The van der Waals surface area contributed by atoms with Crippen LogP contribution >= 0.6 is 0 Å². The van der Waals surface area contributed by atoms with Crippen molar-refractivity contribution in [2.24, 2.45) is 11.8 Å². The second kappa shape index (κ2) is 8.34. The maximum atomic E-state index is 9.89. The third-order valence-corrected chi connectivity index (χ3v) is 6.04. The van der Waals surface area contributed by atoms with Gasteiger partial charge in [0.05, 0.1) is 11.3 Å². The highest BCUT2D eigenvalue weighted by Gasteiger charge is 2.34. The van der Waals surface area contributed by atoms with Crippen molar-refractivity contribution in [3.63, 3.8) is 0 Å². The molecule has 1 aromatic heterocycles. The Morgan fingerprint density at radius 1 is 1.15 bits per heavy atom. The number of aryl methyl sites for hydroxylation is 2. The number of rotatable bonds is 5. The van der Waals surface area contributed by atoms with Gasteiger partial charge >= 0.3 is 0 Å². The van der Waals surface area contributed by atoms with Crippen LogP contribution in [0.25, 0.3) is 0 Å². The predicted octanol–water partition coefficient (Wildman–Crippen LogP) is 1.25. The first-order valence-corrected chi connectivity index (χ1v) is 9.74. The van der Waals surface area contributed by atoms with Crippen molar-refractivity contribution < 1.29 is 5.11 Å². The van der Waals surface area contributed by atoms with Gasteiger partial charge in [0.2, 0.25) is 0 Å². The Kier molecular flexibility index (Phi) is 6.13. The summed E-state index contributed by atoms with van der Waals surface area (Å²) >= 11 is 0. The standard InChI is InChI=1S/C20H31N5O/c1-4-23-5-7-24(8-6-23)11-17-12-25(13-18(17)14-26)20-9-15(2)19(10-21)16(3)22-20/h9,17-18,26H,4-8,11-14H2,1-3H3/t17-,18-/m1/s1. The van der Waals surface area contributed by atoms with E-state index < -0.39 is 0 Å². The first-order chi connectivity index (χ1) is 12.5. The van der Waals surface area contributed by atoms with Crippen LogP contribution < -0.4 is 4.90 Å². The molecule has 0 aliphatic carbocycles. The van der Waals surface area contributed by atoms with Crippen molar-refractivity contribution in [2.45, 2.75) is 20.8 Å². The minimum Gasteiger partial charge on any atom is -0.396 e. The molecule has 0 amide bonds. The highest BCUT2D eigenvalue weighted by Crippen LogP contribution is 2.29. The number of aliphatic hydroxyl groups excluding tert-OH is 1. The van der Waals surface area contributed by atoms with Crippen molar-refractivity contribution in [3.8, 4) is 6.07 Å². The molecule has 26 heavy (non-hydrogen) atoms. The molecule has 1 N–H and O–H groups in total. The molecule has 2 aliphatic rings. The number of likely N-dealkylation sites (N-methyl/N-ethyl adjacent to an activating group) is 1. The topological polar surface area (TPSA) is 66.6 Å². The summed E-state index contributed by atoms with van der Waals surface area (Å²) in [5.41, 5.74) is 2.45. The number of hydrogen-bond donors (Lipinski definition) is 1. The van der Waals surface area contributed by atoms with Gasteiger partial charge in [0.15, 0.2) is 0 Å². The monoisotopic (exact) mass is 357 g/mol. The van der Waals surface area contributed by atoms with E-state index in [0.717, 1.165) is 69.4 Å². The zero-order chi connectivity index (χ0) is 18.7. The average molecular weight is 358 g/mol. The Morgan fingerprint density at radius 3 is 2.38 bits per heavy atom. The van der Waals surface area contributed by atoms with Gasteiger partial charge in [-0.25, -0.2) is 4.98 Å². The Morgan fingerprint density at radius 2 is 1.81 bits per heavy atom. The number of aromatic nitrogens is 1. The lowest BCUT2D eigenvalue weighted by atomic mass is 9.96. The van der Waals surface area contributed by atoms with Gasteiger partial charge in [-0.2, -0.15) is 5.26 Å². The van der Waals surface area contributed by atoms with Crippen LogP contribution in [0.4, 0.5) is 5.82 Å². The van der Waals surface area contributed by atoms with E-state index in [0.29, 0.717) is 11.5 Å². The molecule has 142 valence electrons. The molecule has 0 unspecified atom stereocenters. The van der Waals surface area contributed by atoms with Crippen LogP contribution in [0.2, 0.25) is 0 Å². The number of pyridine rings is 1. The van der Waals surface area contributed by atoms with Crippen LogP contribution in [0.1, 0.15) is 23.7 Å². The first kappa shape index (κ1) is 19.1. The summed E-state index contributed by atoms with van der Waals surface area (Å²) in [5.74, 6) is 1.69. The molecule has 3 heterocycles. The molecule has 6 heteroatoms. The zero-order valence-corrected chi connectivity index (χ0v) is 16.3. The molecule has 2 saturated heterocycles. The lowest BCUT2D eigenvalue weighted by molar-refractivity contribution is 0.106. The van der Waals surface area contributed by atoms with Crippen molar-refractivity contribution in [1.29, 1.82) is 5.26 Å². The zero-order valence-electron chi connectivity index (χ0n) is 16.3. The quantitative estimate of drug-likeness (QED) is 0.856. The molecule has 0 aromatic carbocycles. The van der Waals surface area contributed by atoms with Gasteiger partial charge in [-0.3, -0.25) is 0 Å². The summed E-state index contributed by atoms with van der Waals surface area (Å²) in [6.45, 7) is 14.8. The maximum absolute atomic E-state index is 9.89. The van der Waals surface area contributed by atoms with Gasteiger partial charge in [-0.1, -0.05) is 6.92 Å². The summed E-state index contributed by atoms with van der Waals surface area (Å²) in [7, 11) is 0. The molecule has 6 nitrogen and oxygen atoms in total. The number of nitrogens with zero attached hydrogens (tertiary/aromatic N) is 5. The van der Waals surface area contributed by atoms with Gasteiger partial charge < -0.3 is 19.8 Å². The molecule has 2 aliphatic heterocycles. The molecule has 0 saturated carbocycles. The highest BCUT2D eigenvalue weighted by atomic mass is 16.3. The summed E-state index contributed by atoms with van der Waals surface area (Å²) in [4.78, 5) is 12.0. The number of anilines is 1. The van der Waals surface area contributed by atoms with E-state index in [9.17, 15) is 10.4 Å². The minimum absolute atomic E-state index is 0.227. The minimum atomic E-state index is 0.227. The molecule has 0 bridgehead atoms. The summed E-state index contributed by atoms with van der Waals surface area (Å²) in [5, 5.41) is 19.1. The van der Waals surface area contributed by atoms with E-state index in [1.807, 2.05) is 19.9 Å². The third-order valence-electron chi connectivity index (χ3n) is 6.04. The molecule has 1 aromatic rings. The Hall–Kier alpha value is -1.68. The summed E-state index contributed by atoms with van der Waals surface area (Å²) in [6, 6.07) is 4.26. The number of nitriles is 1. The van der Waals surface area contributed by atoms with Crippen LogP contribution in [0.5, 0.6) is 0 Å². The Bertz CT molecular complexity index is 640. The van der Waals surface area contributed by atoms with Crippen LogP contribution in [0.15, 0.2) is 6.07 Å². The molecule has 3 rings (SSSR count). The van der Waals surface area contributed by atoms with E-state index in [1.165, 1.54) is 0 Å². The van der Waals surface area contributed by atoms with Gasteiger partial charge in [-0.15, -0.1) is 0 Å².